The van der Waals surface area contributed by atoms with Crippen LogP contribution in [0.1, 0.15) is 32.0 Å². The highest BCUT2D eigenvalue weighted by Gasteiger charge is 2.23. The van der Waals surface area contributed by atoms with Gasteiger partial charge >= 0.3 is 0 Å². The molecule has 1 amide bonds. The van der Waals surface area contributed by atoms with Crippen molar-refractivity contribution in [3.8, 4) is 0 Å². The number of piperidine rings is 1. The molecule has 5 nitrogen and oxygen atoms in total. The van der Waals surface area contributed by atoms with E-state index in [9.17, 15) is 4.79 Å². The molecule has 2 aromatic rings. The molecular formula is C16H22N4OS. The molecular weight excluding hydrogens is 296 g/mol. The van der Waals surface area contributed by atoms with Crippen LogP contribution in [0.15, 0.2) is 11.4 Å². The van der Waals surface area contributed by atoms with E-state index in [2.05, 4.69) is 33.6 Å². The third-order valence-corrected chi connectivity index (χ3v) is 5.14. The summed E-state index contributed by atoms with van der Waals surface area (Å²) in [6, 6.07) is 2.12. The van der Waals surface area contributed by atoms with Crippen LogP contribution in [0, 0.1) is 5.92 Å². The fourth-order valence-corrected chi connectivity index (χ4v) is 3.77. The molecule has 0 aromatic carbocycles. The largest absolute Gasteiger partial charge is 0.359 e. The number of carbonyl (C=O) groups is 1. The highest BCUT2D eigenvalue weighted by molar-refractivity contribution is 7.16. The van der Waals surface area contributed by atoms with Crippen molar-refractivity contribution in [2.24, 2.45) is 5.92 Å². The lowest BCUT2D eigenvalue weighted by Crippen LogP contribution is -2.36. The fraction of sp³-hybridized carbons (Fsp3) is 0.562. The number of aromatic nitrogens is 2. The number of rotatable bonds is 4. The van der Waals surface area contributed by atoms with Gasteiger partial charge in [0.05, 0.1) is 5.39 Å². The Labute approximate surface area is 134 Å². The van der Waals surface area contributed by atoms with E-state index in [4.69, 9.17) is 4.98 Å². The predicted molar refractivity (Wildman–Crippen MR) is 90.4 cm³/mol. The Kier molecular flexibility index (Phi) is 4.57. The summed E-state index contributed by atoms with van der Waals surface area (Å²) >= 11 is 1.68. The molecule has 3 heterocycles. The fourth-order valence-electron chi connectivity index (χ4n) is 3.00. The van der Waals surface area contributed by atoms with Gasteiger partial charge in [0.15, 0.2) is 0 Å². The second-order valence-electron chi connectivity index (χ2n) is 5.76. The molecule has 0 radical (unpaired) electrons. The third-order valence-electron chi connectivity index (χ3n) is 4.33. The molecule has 6 heteroatoms. The lowest BCUT2D eigenvalue weighted by atomic mass is 9.93. The standard InChI is InChI=1S/C16H22N4OS/c1-3-13-18-15(12-6-9-22-16(12)19-13)20-7-4-11(5-8-20)10-14(21)17-2/h6,9,11H,3-5,7-8,10H2,1-2H3,(H,17,21). The van der Waals surface area contributed by atoms with Crippen LogP contribution in [0.25, 0.3) is 10.2 Å². The maximum atomic E-state index is 11.5. The van der Waals surface area contributed by atoms with Crippen molar-refractivity contribution in [1.82, 2.24) is 15.3 Å². The summed E-state index contributed by atoms with van der Waals surface area (Å²) in [6.45, 7) is 4.02. The smallest absolute Gasteiger partial charge is 0.220 e. The number of nitrogens with one attached hydrogen (secondary N) is 1. The van der Waals surface area contributed by atoms with E-state index in [1.807, 2.05) is 0 Å². The first-order valence-electron chi connectivity index (χ1n) is 7.91. The van der Waals surface area contributed by atoms with Crippen LogP contribution >= 0.6 is 11.3 Å². The Morgan fingerprint density at radius 2 is 2.18 bits per heavy atom. The number of thiophene rings is 1. The van der Waals surface area contributed by atoms with Gasteiger partial charge in [0.25, 0.3) is 0 Å². The highest BCUT2D eigenvalue weighted by Crippen LogP contribution is 2.31. The minimum atomic E-state index is 0.147. The molecule has 2 aromatic heterocycles. The Balaban J connectivity index is 1.76. The van der Waals surface area contributed by atoms with E-state index in [0.29, 0.717) is 12.3 Å². The maximum absolute atomic E-state index is 11.5. The monoisotopic (exact) mass is 318 g/mol. The maximum Gasteiger partial charge on any atom is 0.220 e. The molecule has 3 rings (SSSR count). The average Bonchev–Trinajstić information content (AvgIpc) is 3.03. The number of fused-ring (bicyclic) bond motifs is 1. The predicted octanol–water partition coefficient (Wildman–Crippen LogP) is 2.61. The topological polar surface area (TPSA) is 58.1 Å². The number of carbonyl (C=O) groups excluding carboxylic acids is 1. The van der Waals surface area contributed by atoms with Crippen molar-refractivity contribution < 1.29 is 4.79 Å². The van der Waals surface area contributed by atoms with Crippen molar-refractivity contribution in [3.05, 3.63) is 17.3 Å². The number of amides is 1. The van der Waals surface area contributed by atoms with Gasteiger partial charge in [-0.2, -0.15) is 0 Å². The quantitative estimate of drug-likeness (QED) is 0.941. The summed E-state index contributed by atoms with van der Waals surface area (Å²) in [5.74, 6) is 2.62. The minimum Gasteiger partial charge on any atom is -0.359 e. The first-order chi connectivity index (χ1) is 10.7. The van der Waals surface area contributed by atoms with Crippen molar-refractivity contribution in [2.45, 2.75) is 32.6 Å². The molecule has 1 aliphatic heterocycles. The van der Waals surface area contributed by atoms with Crippen LogP contribution < -0.4 is 10.2 Å². The molecule has 1 saturated heterocycles. The van der Waals surface area contributed by atoms with E-state index in [1.54, 1.807) is 18.4 Å². The lowest BCUT2D eigenvalue weighted by Gasteiger charge is -2.33. The average molecular weight is 318 g/mol. The van der Waals surface area contributed by atoms with E-state index in [0.717, 1.165) is 54.2 Å². The molecule has 0 bridgehead atoms. The van der Waals surface area contributed by atoms with Gasteiger partial charge in [0.1, 0.15) is 16.5 Å². The zero-order valence-electron chi connectivity index (χ0n) is 13.1. The Morgan fingerprint density at radius 3 is 2.86 bits per heavy atom. The van der Waals surface area contributed by atoms with Crippen LogP contribution in [0.5, 0.6) is 0 Å². The molecule has 0 atom stereocenters. The van der Waals surface area contributed by atoms with E-state index < -0.39 is 0 Å². The van der Waals surface area contributed by atoms with Gasteiger partial charge in [-0.05, 0) is 30.2 Å². The molecule has 118 valence electrons. The molecule has 0 aliphatic carbocycles. The first kappa shape index (κ1) is 15.2. The molecule has 0 saturated carbocycles. The van der Waals surface area contributed by atoms with Crippen LogP contribution in [0.3, 0.4) is 0 Å². The van der Waals surface area contributed by atoms with Crippen molar-refractivity contribution in [2.75, 3.05) is 25.0 Å². The Bertz CT molecular complexity index is 661. The van der Waals surface area contributed by atoms with E-state index >= 15 is 0 Å². The van der Waals surface area contributed by atoms with Crippen molar-refractivity contribution >= 4 is 33.3 Å². The zero-order chi connectivity index (χ0) is 15.5. The molecule has 0 unspecified atom stereocenters. The zero-order valence-corrected chi connectivity index (χ0v) is 13.9. The summed E-state index contributed by atoms with van der Waals surface area (Å²) in [5, 5.41) is 5.96. The third kappa shape index (κ3) is 3.06. The second-order valence-corrected chi connectivity index (χ2v) is 6.66. The summed E-state index contributed by atoms with van der Waals surface area (Å²) in [6.07, 6.45) is 3.59. The number of aryl methyl sites for hydroxylation is 1. The molecule has 22 heavy (non-hydrogen) atoms. The summed E-state index contributed by atoms with van der Waals surface area (Å²) in [4.78, 5) is 24.3. The van der Waals surface area contributed by atoms with Gasteiger partial charge < -0.3 is 10.2 Å². The number of hydrogen-bond acceptors (Lipinski definition) is 5. The van der Waals surface area contributed by atoms with Gasteiger partial charge in [-0.1, -0.05) is 6.92 Å². The number of anilines is 1. The van der Waals surface area contributed by atoms with Gasteiger partial charge in [0.2, 0.25) is 5.91 Å². The minimum absolute atomic E-state index is 0.147. The number of nitrogens with zero attached hydrogens (tertiary/aromatic N) is 3. The van der Waals surface area contributed by atoms with Gasteiger partial charge in [-0.25, -0.2) is 9.97 Å². The normalized spacial score (nSPS) is 16.2. The van der Waals surface area contributed by atoms with Crippen LogP contribution in [-0.4, -0.2) is 36.0 Å². The highest BCUT2D eigenvalue weighted by atomic mass is 32.1. The van der Waals surface area contributed by atoms with Crippen LogP contribution in [0.2, 0.25) is 0 Å². The summed E-state index contributed by atoms with van der Waals surface area (Å²) < 4.78 is 0. The SMILES string of the molecule is CCc1nc(N2CCC(CC(=O)NC)CC2)c2ccsc2n1. The van der Waals surface area contributed by atoms with Gasteiger partial charge in [-0.3, -0.25) is 4.79 Å². The van der Waals surface area contributed by atoms with Crippen molar-refractivity contribution in [3.63, 3.8) is 0 Å². The van der Waals surface area contributed by atoms with E-state index in [-0.39, 0.29) is 5.91 Å². The molecule has 1 aliphatic rings. The molecule has 1 N–H and O–H groups in total. The van der Waals surface area contributed by atoms with E-state index in [1.165, 1.54) is 0 Å². The van der Waals surface area contributed by atoms with Crippen LogP contribution in [0.4, 0.5) is 5.82 Å². The molecule has 1 fully saturated rings. The lowest BCUT2D eigenvalue weighted by molar-refractivity contribution is -0.121. The van der Waals surface area contributed by atoms with Crippen LogP contribution in [-0.2, 0) is 11.2 Å². The van der Waals surface area contributed by atoms with Gasteiger partial charge in [0, 0.05) is 33.0 Å². The molecule has 0 spiro atoms. The number of hydrogen-bond donors (Lipinski definition) is 1. The van der Waals surface area contributed by atoms with Crippen molar-refractivity contribution in [1.29, 1.82) is 0 Å². The Morgan fingerprint density at radius 1 is 1.41 bits per heavy atom. The Hall–Kier alpha value is -1.69. The summed E-state index contributed by atoms with van der Waals surface area (Å²) in [5.41, 5.74) is 0. The first-order valence-corrected chi connectivity index (χ1v) is 8.79. The summed E-state index contributed by atoms with van der Waals surface area (Å²) in [7, 11) is 1.71. The second kappa shape index (κ2) is 6.60. The van der Waals surface area contributed by atoms with Gasteiger partial charge in [-0.15, -0.1) is 11.3 Å².